The van der Waals surface area contributed by atoms with Gasteiger partial charge in [0, 0.05) is 19.6 Å². The zero-order valence-corrected chi connectivity index (χ0v) is 15.1. The fraction of sp³-hybridized carbons (Fsp3) is 0.529. The van der Waals surface area contributed by atoms with E-state index in [0.717, 1.165) is 5.56 Å². The lowest BCUT2D eigenvalue weighted by Crippen LogP contribution is -2.51. The van der Waals surface area contributed by atoms with Gasteiger partial charge in [-0.05, 0) is 25.8 Å². The molecule has 0 radical (unpaired) electrons. The quantitative estimate of drug-likeness (QED) is 0.801. The number of benzene rings is 1. The van der Waals surface area contributed by atoms with E-state index >= 15 is 0 Å². The number of rotatable bonds is 5. The van der Waals surface area contributed by atoms with Gasteiger partial charge in [0.2, 0.25) is 11.8 Å². The second kappa shape index (κ2) is 6.93. The van der Waals surface area contributed by atoms with Crippen LogP contribution in [0, 0.1) is 5.41 Å². The van der Waals surface area contributed by atoms with Crippen LogP contribution in [-0.2, 0) is 26.0 Å². The van der Waals surface area contributed by atoms with Gasteiger partial charge in [0.05, 0.1) is 11.5 Å². The van der Waals surface area contributed by atoms with Crippen molar-refractivity contribution in [2.75, 3.05) is 18.6 Å². The molecule has 1 unspecified atom stereocenters. The predicted octanol–water partition coefficient (Wildman–Crippen LogP) is 0.974. The van der Waals surface area contributed by atoms with Gasteiger partial charge < -0.3 is 10.2 Å². The molecule has 0 spiro atoms. The molecule has 2 amide bonds. The van der Waals surface area contributed by atoms with E-state index in [2.05, 4.69) is 5.32 Å². The largest absolute Gasteiger partial charge is 0.351 e. The summed E-state index contributed by atoms with van der Waals surface area (Å²) in [6.07, 6.45) is 0.423. The highest BCUT2D eigenvalue weighted by atomic mass is 32.2. The Morgan fingerprint density at radius 1 is 1.25 bits per heavy atom. The molecule has 2 rings (SSSR count). The van der Waals surface area contributed by atoms with Gasteiger partial charge >= 0.3 is 0 Å². The molecule has 1 aliphatic rings. The Balaban J connectivity index is 1.99. The van der Waals surface area contributed by atoms with E-state index in [1.807, 2.05) is 30.3 Å². The van der Waals surface area contributed by atoms with Gasteiger partial charge in [0.1, 0.15) is 5.41 Å². The average Bonchev–Trinajstić information content (AvgIpc) is 2.92. The third-order valence-electron chi connectivity index (χ3n) is 4.47. The number of hydrogen-bond acceptors (Lipinski definition) is 4. The SMILES string of the molecule is CN(C(=O)C(C)(C)C(=O)NCc1ccccc1)C1CCS(=O)(=O)C1. The van der Waals surface area contributed by atoms with Gasteiger partial charge in [-0.3, -0.25) is 9.59 Å². The molecular formula is C17H24N2O4S. The summed E-state index contributed by atoms with van der Waals surface area (Å²) in [6, 6.07) is 9.08. The number of carbonyl (C=O) groups excluding carboxylic acids is 2. The molecule has 6 nitrogen and oxygen atoms in total. The monoisotopic (exact) mass is 352 g/mol. The number of carbonyl (C=O) groups is 2. The summed E-state index contributed by atoms with van der Waals surface area (Å²) in [6.45, 7) is 3.48. The van der Waals surface area contributed by atoms with Crippen molar-refractivity contribution in [3.8, 4) is 0 Å². The van der Waals surface area contributed by atoms with Crippen molar-refractivity contribution in [2.45, 2.75) is 32.9 Å². The van der Waals surface area contributed by atoms with E-state index in [-0.39, 0.29) is 29.4 Å². The molecule has 1 heterocycles. The molecule has 0 bridgehead atoms. The first-order valence-corrected chi connectivity index (χ1v) is 9.75. The van der Waals surface area contributed by atoms with Crippen molar-refractivity contribution in [1.29, 1.82) is 0 Å². The molecule has 1 atom stereocenters. The summed E-state index contributed by atoms with van der Waals surface area (Å²) >= 11 is 0. The van der Waals surface area contributed by atoms with Gasteiger partial charge in [-0.1, -0.05) is 30.3 Å². The maximum Gasteiger partial charge on any atom is 0.237 e. The molecule has 1 saturated heterocycles. The lowest BCUT2D eigenvalue weighted by atomic mass is 9.89. The van der Waals surface area contributed by atoms with Crippen molar-refractivity contribution in [2.24, 2.45) is 5.41 Å². The minimum atomic E-state index is -3.08. The van der Waals surface area contributed by atoms with Gasteiger partial charge in [-0.15, -0.1) is 0 Å². The Hall–Kier alpha value is -1.89. The van der Waals surface area contributed by atoms with Crippen LogP contribution in [0.3, 0.4) is 0 Å². The number of amides is 2. The topological polar surface area (TPSA) is 83.6 Å². The van der Waals surface area contributed by atoms with Crippen LogP contribution in [-0.4, -0.2) is 49.7 Å². The molecule has 24 heavy (non-hydrogen) atoms. The first-order valence-electron chi connectivity index (χ1n) is 7.93. The van der Waals surface area contributed by atoms with Crippen molar-refractivity contribution < 1.29 is 18.0 Å². The minimum absolute atomic E-state index is 0.0308. The molecule has 0 saturated carbocycles. The van der Waals surface area contributed by atoms with Crippen molar-refractivity contribution in [3.05, 3.63) is 35.9 Å². The molecule has 7 heteroatoms. The van der Waals surface area contributed by atoms with E-state index in [9.17, 15) is 18.0 Å². The van der Waals surface area contributed by atoms with E-state index in [4.69, 9.17) is 0 Å². The van der Waals surface area contributed by atoms with Crippen LogP contribution in [0.15, 0.2) is 30.3 Å². The summed E-state index contributed by atoms with van der Waals surface area (Å²) in [5.41, 5.74) is -0.306. The molecular weight excluding hydrogens is 328 g/mol. The Morgan fingerprint density at radius 3 is 2.42 bits per heavy atom. The molecule has 132 valence electrons. The predicted molar refractivity (Wildman–Crippen MR) is 91.9 cm³/mol. The standard InChI is InChI=1S/C17H24N2O4S/c1-17(2,15(20)18-11-13-7-5-4-6-8-13)16(21)19(3)14-9-10-24(22,23)12-14/h4-8,14H,9-12H2,1-3H3,(H,18,20). The first kappa shape index (κ1) is 18.4. The van der Waals surface area contributed by atoms with Crippen LogP contribution in [0.25, 0.3) is 0 Å². The van der Waals surface area contributed by atoms with Gasteiger partial charge in [-0.25, -0.2) is 8.42 Å². The second-order valence-corrected chi connectivity index (χ2v) is 8.99. The van der Waals surface area contributed by atoms with Gasteiger partial charge in [0.15, 0.2) is 9.84 Å². The van der Waals surface area contributed by atoms with E-state index < -0.39 is 15.3 Å². The Kier molecular flexibility index (Phi) is 5.32. The highest BCUT2D eigenvalue weighted by Gasteiger charge is 2.42. The summed E-state index contributed by atoms with van der Waals surface area (Å²) in [5.74, 6) is -0.674. The zero-order chi connectivity index (χ0) is 18.0. The zero-order valence-electron chi connectivity index (χ0n) is 14.3. The fourth-order valence-electron chi connectivity index (χ4n) is 2.78. The summed E-state index contributed by atoms with van der Waals surface area (Å²) in [4.78, 5) is 26.5. The number of hydrogen-bond donors (Lipinski definition) is 1. The summed E-state index contributed by atoms with van der Waals surface area (Å²) in [5, 5.41) is 2.78. The molecule has 1 N–H and O–H groups in total. The Morgan fingerprint density at radius 2 is 1.88 bits per heavy atom. The maximum atomic E-state index is 12.7. The van der Waals surface area contributed by atoms with Crippen LogP contribution in [0.2, 0.25) is 0 Å². The molecule has 1 aromatic carbocycles. The number of sulfone groups is 1. The molecule has 0 aromatic heterocycles. The molecule has 1 aromatic rings. The van der Waals surface area contributed by atoms with Crippen LogP contribution >= 0.6 is 0 Å². The van der Waals surface area contributed by atoms with E-state index in [1.54, 1.807) is 20.9 Å². The van der Waals surface area contributed by atoms with Crippen LogP contribution in [0.4, 0.5) is 0 Å². The van der Waals surface area contributed by atoms with Gasteiger partial charge in [0.25, 0.3) is 0 Å². The smallest absolute Gasteiger partial charge is 0.237 e. The molecule has 0 aliphatic carbocycles. The van der Waals surface area contributed by atoms with Gasteiger partial charge in [-0.2, -0.15) is 0 Å². The Labute approximate surface area is 143 Å². The second-order valence-electron chi connectivity index (χ2n) is 6.77. The average molecular weight is 352 g/mol. The molecule has 1 aliphatic heterocycles. The lowest BCUT2D eigenvalue weighted by molar-refractivity contribution is -0.148. The van der Waals surface area contributed by atoms with Crippen molar-refractivity contribution in [3.63, 3.8) is 0 Å². The third kappa shape index (κ3) is 4.14. The van der Waals surface area contributed by atoms with Crippen molar-refractivity contribution in [1.82, 2.24) is 10.2 Å². The lowest BCUT2D eigenvalue weighted by Gasteiger charge is -2.31. The normalized spacial score (nSPS) is 19.7. The van der Waals surface area contributed by atoms with Crippen LogP contribution < -0.4 is 5.32 Å². The third-order valence-corrected chi connectivity index (χ3v) is 6.23. The highest BCUT2D eigenvalue weighted by molar-refractivity contribution is 7.91. The van der Waals surface area contributed by atoms with E-state index in [1.165, 1.54) is 4.90 Å². The maximum absolute atomic E-state index is 12.7. The minimum Gasteiger partial charge on any atom is -0.351 e. The number of nitrogens with one attached hydrogen (secondary N) is 1. The van der Waals surface area contributed by atoms with E-state index in [0.29, 0.717) is 13.0 Å². The summed E-state index contributed by atoms with van der Waals surface area (Å²) in [7, 11) is -1.51. The van der Waals surface area contributed by atoms with Crippen LogP contribution in [0.5, 0.6) is 0 Å². The number of nitrogens with zero attached hydrogens (tertiary/aromatic N) is 1. The van der Waals surface area contributed by atoms with Crippen molar-refractivity contribution >= 4 is 21.7 Å². The first-order chi connectivity index (χ1) is 11.1. The highest BCUT2D eigenvalue weighted by Crippen LogP contribution is 2.24. The molecule has 1 fully saturated rings. The van der Waals surface area contributed by atoms with Crippen LogP contribution in [0.1, 0.15) is 25.8 Å². The fourth-order valence-corrected chi connectivity index (χ4v) is 4.56. The Bertz CT molecular complexity index is 713. The summed E-state index contributed by atoms with van der Waals surface area (Å²) < 4.78 is 23.2.